The number of thiazole rings is 1. The Morgan fingerprint density at radius 2 is 1.97 bits per heavy atom. The number of hydrogen-bond donors (Lipinski definition) is 2. The molecule has 1 saturated carbocycles. The molecule has 2 aromatic heterocycles. The maximum absolute atomic E-state index is 13.4. The lowest BCUT2D eigenvalue weighted by atomic mass is 9.80. The van der Waals surface area contributed by atoms with Crippen LogP contribution < -0.4 is 16.0 Å². The number of rotatable bonds is 5. The van der Waals surface area contributed by atoms with Crippen LogP contribution in [0.3, 0.4) is 0 Å². The molecule has 0 saturated heterocycles. The third-order valence-corrected chi connectivity index (χ3v) is 8.40. The van der Waals surface area contributed by atoms with Gasteiger partial charge in [-0.3, -0.25) is 24.1 Å². The van der Waals surface area contributed by atoms with Crippen LogP contribution in [0.1, 0.15) is 45.2 Å². The van der Waals surface area contributed by atoms with Gasteiger partial charge in [0, 0.05) is 44.4 Å². The molecule has 1 aliphatic carbocycles. The molecule has 2 aromatic rings. The van der Waals surface area contributed by atoms with E-state index in [1.807, 2.05) is 7.05 Å². The predicted molar refractivity (Wildman–Crippen MR) is 144 cm³/mol. The molecule has 4 rings (SSSR count). The zero-order valence-electron chi connectivity index (χ0n) is 21.9. The Morgan fingerprint density at radius 3 is 2.63 bits per heavy atom. The Kier molecular flexibility index (Phi) is 8.34. The van der Waals surface area contributed by atoms with E-state index in [0.29, 0.717) is 29.1 Å². The molecule has 3 atom stereocenters. The van der Waals surface area contributed by atoms with E-state index < -0.39 is 23.9 Å². The zero-order valence-corrected chi connectivity index (χ0v) is 23.4. The van der Waals surface area contributed by atoms with E-state index in [0.717, 1.165) is 30.1 Å². The normalized spacial score (nSPS) is 21.3. The smallest absolute Gasteiger partial charge is 0.316 e. The van der Waals surface area contributed by atoms with Crippen LogP contribution in [0.5, 0.6) is 0 Å². The van der Waals surface area contributed by atoms with Crippen molar-refractivity contribution in [2.75, 3.05) is 32.6 Å². The number of nitrogens with zero attached hydrogens (tertiary/aromatic N) is 5. The van der Waals surface area contributed by atoms with E-state index in [1.54, 1.807) is 27.1 Å². The van der Waals surface area contributed by atoms with Crippen molar-refractivity contribution in [1.29, 1.82) is 0 Å². The maximum atomic E-state index is 13.4. The lowest BCUT2D eigenvalue weighted by Crippen LogP contribution is -2.59. The first-order chi connectivity index (χ1) is 18.0. The van der Waals surface area contributed by atoms with Gasteiger partial charge < -0.3 is 20.9 Å². The number of halogens is 1. The third kappa shape index (κ3) is 5.82. The number of aryl methyl sites for hydroxylation is 1. The molecule has 0 radical (unpaired) electrons. The molecule has 204 valence electrons. The number of amides is 4. The fourth-order valence-corrected chi connectivity index (χ4v) is 6.49. The van der Waals surface area contributed by atoms with E-state index in [4.69, 9.17) is 17.3 Å². The topological polar surface area (TPSA) is 142 Å². The Balaban J connectivity index is 1.69. The monoisotopic (exact) mass is 561 g/mol. The Hall–Kier alpha value is -3.09. The lowest BCUT2D eigenvalue weighted by Gasteiger charge is -2.42. The van der Waals surface area contributed by atoms with Crippen molar-refractivity contribution < 1.29 is 19.2 Å². The Labute approximate surface area is 230 Å². The molecule has 38 heavy (non-hydrogen) atoms. The summed E-state index contributed by atoms with van der Waals surface area (Å²) in [6.45, 7) is 3.35. The second-order valence-corrected chi connectivity index (χ2v) is 11.6. The number of pyridine rings is 1. The van der Waals surface area contributed by atoms with Gasteiger partial charge in [0.05, 0.1) is 29.7 Å². The summed E-state index contributed by atoms with van der Waals surface area (Å²) in [6, 6.07) is 0.295. The van der Waals surface area contributed by atoms with Gasteiger partial charge in [-0.05, 0) is 44.9 Å². The number of carbonyl (C=O) groups is 4. The summed E-state index contributed by atoms with van der Waals surface area (Å²) in [5, 5.41) is 3.61. The second kappa shape index (κ2) is 11.3. The number of aromatic nitrogens is 2. The minimum Gasteiger partial charge on any atom is -0.361 e. The first-order valence-corrected chi connectivity index (χ1v) is 13.6. The molecule has 3 heterocycles. The molecule has 2 aliphatic rings. The number of hydrogen-bond acceptors (Lipinski definition) is 8. The molecule has 0 bridgehead atoms. The van der Waals surface area contributed by atoms with E-state index in [1.165, 1.54) is 27.3 Å². The number of anilines is 1. The summed E-state index contributed by atoms with van der Waals surface area (Å²) >= 11 is 7.39. The predicted octanol–water partition coefficient (Wildman–Crippen LogP) is 1.36. The SMILES string of the molecule is Cc1cc(Cl)ncc1N(C(=O)C(N)=O)[C@H]1CC[C@H](C(=O)N(C)C)C[C@H]1NC(=O)c1nc2c(s1)CN(C)CC2. The van der Waals surface area contributed by atoms with Gasteiger partial charge in [0.2, 0.25) is 5.91 Å². The Morgan fingerprint density at radius 1 is 1.24 bits per heavy atom. The van der Waals surface area contributed by atoms with Crippen LogP contribution in [0, 0.1) is 12.8 Å². The van der Waals surface area contributed by atoms with Crippen molar-refractivity contribution in [2.24, 2.45) is 11.7 Å². The quantitative estimate of drug-likeness (QED) is 0.414. The minimum atomic E-state index is -1.13. The van der Waals surface area contributed by atoms with E-state index in [2.05, 4.69) is 20.2 Å². The first-order valence-electron chi connectivity index (χ1n) is 12.4. The highest BCUT2D eigenvalue weighted by Crippen LogP contribution is 2.34. The number of primary amides is 1. The van der Waals surface area contributed by atoms with Crippen LogP contribution in [0.25, 0.3) is 0 Å². The summed E-state index contributed by atoms with van der Waals surface area (Å²) < 4.78 is 0. The molecular formula is C25H32ClN7O4S. The van der Waals surface area contributed by atoms with E-state index in [-0.39, 0.29) is 29.3 Å². The van der Waals surface area contributed by atoms with E-state index in [9.17, 15) is 19.2 Å². The average Bonchev–Trinajstić information content (AvgIpc) is 3.28. The Bertz CT molecular complexity index is 1270. The molecular weight excluding hydrogens is 530 g/mol. The fourth-order valence-electron chi connectivity index (χ4n) is 5.18. The van der Waals surface area contributed by atoms with Crippen molar-refractivity contribution in [3.8, 4) is 0 Å². The standard InChI is InChI=1S/C25H32ClN7O4S/c1-13-9-20(26)28-11-18(13)33(25(37)21(27)34)17-6-5-14(24(36)31(2)3)10-16(17)29-22(35)23-30-15-7-8-32(4)12-19(15)38-23/h9,11,14,16-17H,5-8,10,12H2,1-4H3,(H2,27,34)(H,29,35)/t14-,16+,17-/m0/s1. The number of nitrogens with one attached hydrogen (secondary N) is 1. The molecule has 13 heteroatoms. The summed E-state index contributed by atoms with van der Waals surface area (Å²) in [5.41, 5.74) is 7.35. The van der Waals surface area contributed by atoms with Gasteiger partial charge in [0.25, 0.3) is 5.91 Å². The van der Waals surface area contributed by atoms with Crippen LogP contribution in [-0.4, -0.2) is 83.2 Å². The van der Waals surface area contributed by atoms with Crippen LogP contribution >= 0.6 is 22.9 Å². The lowest BCUT2D eigenvalue weighted by molar-refractivity contribution is -0.136. The average molecular weight is 562 g/mol. The third-order valence-electron chi connectivity index (χ3n) is 7.11. The van der Waals surface area contributed by atoms with Crippen molar-refractivity contribution in [3.05, 3.63) is 38.6 Å². The summed E-state index contributed by atoms with van der Waals surface area (Å²) in [7, 11) is 5.39. The van der Waals surface area contributed by atoms with Gasteiger partial charge in [-0.25, -0.2) is 9.97 Å². The number of fused-ring (bicyclic) bond motifs is 1. The first kappa shape index (κ1) is 27.9. The van der Waals surface area contributed by atoms with Crippen LogP contribution in [0.15, 0.2) is 12.3 Å². The summed E-state index contributed by atoms with van der Waals surface area (Å²) in [5.74, 6) is -2.86. The van der Waals surface area contributed by atoms with Crippen molar-refractivity contribution in [1.82, 2.24) is 25.1 Å². The van der Waals surface area contributed by atoms with Gasteiger partial charge in [0.15, 0.2) is 5.01 Å². The molecule has 4 amide bonds. The van der Waals surface area contributed by atoms with Crippen LogP contribution in [-0.2, 0) is 27.3 Å². The molecule has 0 aromatic carbocycles. The highest BCUT2D eigenvalue weighted by molar-refractivity contribution is 7.13. The van der Waals surface area contributed by atoms with Gasteiger partial charge in [0.1, 0.15) is 5.15 Å². The van der Waals surface area contributed by atoms with Crippen molar-refractivity contribution >= 4 is 52.3 Å². The molecule has 1 fully saturated rings. The fraction of sp³-hybridized carbons (Fsp3) is 0.520. The van der Waals surface area contributed by atoms with Gasteiger partial charge >= 0.3 is 11.8 Å². The molecule has 11 nitrogen and oxygen atoms in total. The van der Waals surface area contributed by atoms with E-state index >= 15 is 0 Å². The molecule has 0 unspecified atom stereocenters. The molecule has 3 N–H and O–H groups in total. The minimum absolute atomic E-state index is 0.0624. The summed E-state index contributed by atoms with van der Waals surface area (Å²) in [4.78, 5) is 66.3. The highest BCUT2D eigenvalue weighted by atomic mass is 35.5. The largest absolute Gasteiger partial charge is 0.361 e. The van der Waals surface area contributed by atoms with Crippen LogP contribution in [0.4, 0.5) is 5.69 Å². The molecule has 0 spiro atoms. The second-order valence-electron chi connectivity index (χ2n) is 10.1. The van der Waals surface area contributed by atoms with Gasteiger partial charge in [-0.15, -0.1) is 11.3 Å². The number of likely N-dealkylation sites (N-methyl/N-ethyl adjacent to an activating group) is 1. The maximum Gasteiger partial charge on any atom is 0.316 e. The van der Waals surface area contributed by atoms with Crippen molar-refractivity contribution in [3.63, 3.8) is 0 Å². The number of nitrogens with two attached hydrogens (primary N) is 1. The number of carbonyl (C=O) groups excluding carboxylic acids is 4. The highest BCUT2D eigenvalue weighted by Gasteiger charge is 2.42. The van der Waals surface area contributed by atoms with Crippen molar-refractivity contribution in [2.45, 2.75) is 51.2 Å². The molecule has 1 aliphatic heterocycles. The van der Waals surface area contributed by atoms with Gasteiger partial charge in [-0.1, -0.05) is 11.6 Å². The zero-order chi connectivity index (χ0) is 27.7. The van der Waals surface area contributed by atoms with Crippen LogP contribution in [0.2, 0.25) is 5.15 Å². The van der Waals surface area contributed by atoms with Gasteiger partial charge in [-0.2, -0.15) is 0 Å². The summed E-state index contributed by atoms with van der Waals surface area (Å²) in [6.07, 6.45) is 3.29.